The maximum Gasteiger partial charge on any atom is 0.319 e. The highest BCUT2D eigenvalue weighted by Crippen LogP contribution is 2.33. The molecule has 3 N–H and O–H groups in total. The molecule has 0 unspecified atom stereocenters. The summed E-state index contributed by atoms with van der Waals surface area (Å²) in [4.78, 5) is 32.8. The quantitative estimate of drug-likeness (QED) is 0.113. The van der Waals surface area contributed by atoms with Gasteiger partial charge in [0.25, 0.3) is 5.22 Å². The lowest BCUT2D eigenvalue weighted by Crippen LogP contribution is -2.29. The third-order valence-electron chi connectivity index (χ3n) is 8.48. The van der Waals surface area contributed by atoms with E-state index in [0.29, 0.717) is 70.6 Å². The smallest absolute Gasteiger partial charge is 0.319 e. The van der Waals surface area contributed by atoms with Crippen molar-refractivity contribution in [1.29, 1.82) is 0 Å². The average molecular weight is 751 g/mol. The van der Waals surface area contributed by atoms with Gasteiger partial charge < -0.3 is 43.9 Å². The normalized spacial score (nSPS) is 11.6. The van der Waals surface area contributed by atoms with E-state index < -0.39 is 0 Å². The Bertz CT molecular complexity index is 2200. The fourth-order valence-corrected chi connectivity index (χ4v) is 6.52. The molecule has 1 aliphatic rings. The third-order valence-corrected chi connectivity index (χ3v) is 9.30. The van der Waals surface area contributed by atoms with Gasteiger partial charge in [-0.3, -0.25) is 4.79 Å². The fraction of sp³-hybridized carbons (Fsp3) is 0.250. The SMILES string of the molecule is COc1ccc(OC)c(NC(=O)CSc2nc3ncccc3o2)c1.Cc1cc(C)c(Cn2cccc2CNC(=O)Nc2ccc3c(c2)OCCO3)c(C)c1. The number of ether oxygens (including phenoxy) is 4. The molecule has 3 aromatic heterocycles. The summed E-state index contributed by atoms with van der Waals surface area (Å²) in [5.74, 6) is 2.47. The summed E-state index contributed by atoms with van der Waals surface area (Å²) in [6.07, 6.45) is 3.69. The number of hydrogen-bond donors (Lipinski definition) is 3. The number of fused-ring (bicyclic) bond motifs is 2. The second-order valence-electron chi connectivity index (χ2n) is 12.4. The van der Waals surface area contributed by atoms with E-state index in [9.17, 15) is 9.59 Å². The minimum absolute atomic E-state index is 0.146. The predicted molar refractivity (Wildman–Crippen MR) is 208 cm³/mol. The Hall–Kier alpha value is -6.15. The predicted octanol–water partition coefficient (Wildman–Crippen LogP) is 7.53. The number of thioether (sulfide) groups is 1. The summed E-state index contributed by atoms with van der Waals surface area (Å²) < 4.78 is 29.1. The molecule has 3 amide bonds. The molecule has 14 heteroatoms. The number of rotatable bonds is 11. The van der Waals surface area contributed by atoms with E-state index in [0.717, 1.165) is 12.2 Å². The van der Waals surface area contributed by atoms with Crippen LogP contribution >= 0.6 is 11.8 Å². The van der Waals surface area contributed by atoms with Gasteiger partial charge in [0, 0.05) is 42.5 Å². The van der Waals surface area contributed by atoms with Gasteiger partial charge in [-0.1, -0.05) is 29.5 Å². The minimum Gasteiger partial charge on any atom is -0.497 e. The van der Waals surface area contributed by atoms with E-state index in [-0.39, 0.29) is 17.7 Å². The maximum absolute atomic E-state index is 12.4. The molecule has 280 valence electrons. The molecule has 13 nitrogen and oxygen atoms in total. The van der Waals surface area contributed by atoms with Crippen molar-refractivity contribution in [2.24, 2.45) is 0 Å². The van der Waals surface area contributed by atoms with Gasteiger partial charge in [0.05, 0.1) is 32.2 Å². The number of carbonyl (C=O) groups is 2. The van der Waals surface area contributed by atoms with Crippen LogP contribution in [0.2, 0.25) is 0 Å². The van der Waals surface area contributed by atoms with Gasteiger partial charge in [-0.05, 0) is 86.0 Å². The molecule has 6 aromatic rings. The van der Waals surface area contributed by atoms with E-state index in [1.807, 2.05) is 18.2 Å². The number of methoxy groups -OCH3 is 2. The lowest BCUT2D eigenvalue weighted by atomic mass is 10.00. The number of carbonyl (C=O) groups excluding carboxylic acids is 2. The molecule has 0 saturated carbocycles. The van der Waals surface area contributed by atoms with Crippen LogP contribution in [0.25, 0.3) is 11.2 Å². The van der Waals surface area contributed by atoms with Crippen molar-refractivity contribution in [2.75, 3.05) is 43.8 Å². The van der Waals surface area contributed by atoms with Gasteiger partial charge >= 0.3 is 6.03 Å². The van der Waals surface area contributed by atoms with Crippen molar-refractivity contribution in [1.82, 2.24) is 19.9 Å². The largest absolute Gasteiger partial charge is 0.497 e. The highest BCUT2D eigenvalue weighted by atomic mass is 32.2. The van der Waals surface area contributed by atoms with Crippen LogP contribution in [-0.4, -0.2) is 59.7 Å². The summed E-state index contributed by atoms with van der Waals surface area (Å²) in [6, 6.07) is 22.3. The Labute approximate surface area is 317 Å². The number of urea groups is 1. The number of pyridine rings is 1. The Kier molecular flexibility index (Phi) is 12.2. The number of amides is 3. The number of nitrogens with one attached hydrogen (secondary N) is 3. The lowest BCUT2D eigenvalue weighted by molar-refractivity contribution is -0.113. The number of hydrogen-bond acceptors (Lipinski definition) is 10. The van der Waals surface area contributed by atoms with Gasteiger partial charge in [-0.25, -0.2) is 9.78 Å². The molecular weight excluding hydrogens is 709 g/mol. The molecule has 1 aliphatic heterocycles. The summed E-state index contributed by atoms with van der Waals surface area (Å²) in [6.45, 7) is 8.70. The molecule has 0 radical (unpaired) electrons. The van der Waals surface area contributed by atoms with E-state index in [4.69, 9.17) is 23.4 Å². The van der Waals surface area contributed by atoms with Crippen molar-refractivity contribution < 1.29 is 33.0 Å². The Morgan fingerprint density at radius 2 is 1.69 bits per heavy atom. The number of oxazole rings is 1. The summed E-state index contributed by atoms with van der Waals surface area (Å²) >= 11 is 1.20. The molecule has 0 saturated heterocycles. The number of benzene rings is 3. The van der Waals surface area contributed by atoms with Gasteiger partial charge in [0.1, 0.15) is 24.7 Å². The van der Waals surface area contributed by atoms with Gasteiger partial charge in [-0.15, -0.1) is 0 Å². The van der Waals surface area contributed by atoms with Crippen LogP contribution in [0.5, 0.6) is 23.0 Å². The Morgan fingerprint density at radius 3 is 2.44 bits per heavy atom. The van der Waals surface area contributed by atoms with Crippen molar-refractivity contribution in [3.05, 3.63) is 113 Å². The minimum atomic E-state index is -0.262. The molecule has 7 rings (SSSR count). The van der Waals surface area contributed by atoms with Crippen molar-refractivity contribution in [3.8, 4) is 23.0 Å². The molecule has 3 aromatic carbocycles. The zero-order chi connectivity index (χ0) is 38.0. The topological polar surface area (TPSA) is 151 Å². The maximum atomic E-state index is 12.4. The van der Waals surface area contributed by atoms with Crippen LogP contribution in [0.4, 0.5) is 16.2 Å². The first kappa shape index (κ1) is 37.6. The molecular formula is C40H42N6O7S. The molecule has 4 heterocycles. The lowest BCUT2D eigenvalue weighted by Gasteiger charge is -2.19. The number of nitrogens with zero attached hydrogens (tertiary/aromatic N) is 3. The van der Waals surface area contributed by atoms with Crippen LogP contribution < -0.4 is 34.9 Å². The van der Waals surface area contributed by atoms with E-state index >= 15 is 0 Å². The third kappa shape index (κ3) is 9.63. The van der Waals surface area contributed by atoms with Crippen molar-refractivity contribution >= 4 is 46.3 Å². The molecule has 0 aliphatic carbocycles. The first-order valence-electron chi connectivity index (χ1n) is 17.2. The summed E-state index contributed by atoms with van der Waals surface area (Å²) in [5.41, 5.74) is 8.54. The monoisotopic (exact) mass is 750 g/mol. The van der Waals surface area contributed by atoms with Crippen LogP contribution in [0.1, 0.15) is 27.9 Å². The van der Waals surface area contributed by atoms with Gasteiger partial charge in [0.15, 0.2) is 22.7 Å². The number of aryl methyl sites for hydroxylation is 3. The van der Waals surface area contributed by atoms with Crippen LogP contribution in [0.15, 0.2) is 94.8 Å². The number of aromatic nitrogens is 3. The van der Waals surface area contributed by atoms with Crippen LogP contribution in [0.3, 0.4) is 0 Å². The average Bonchev–Trinajstić information content (AvgIpc) is 3.81. The van der Waals surface area contributed by atoms with Crippen molar-refractivity contribution in [2.45, 2.75) is 39.1 Å². The molecule has 0 atom stereocenters. The molecule has 0 bridgehead atoms. The first-order valence-corrected chi connectivity index (χ1v) is 18.2. The molecule has 0 fully saturated rings. The van der Waals surface area contributed by atoms with E-state index in [1.165, 1.54) is 41.1 Å². The zero-order valence-electron chi connectivity index (χ0n) is 30.7. The second-order valence-corrected chi connectivity index (χ2v) is 13.3. The zero-order valence-corrected chi connectivity index (χ0v) is 31.5. The van der Waals surface area contributed by atoms with E-state index in [1.54, 1.807) is 55.8 Å². The summed E-state index contributed by atoms with van der Waals surface area (Å²) in [5, 5.41) is 8.98. The summed E-state index contributed by atoms with van der Waals surface area (Å²) in [7, 11) is 3.10. The fourth-order valence-electron chi connectivity index (χ4n) is 5.90. The highest BCUT2D eigenvalue weighted by molar-refractivity contribution is 7.99. The standard InChI is InChI=1S/C24H27N3O3.C16H15N3O4S/c1-16-11-17(2)21(18(3)12-16)15-27-8-4-5-20(27)14-25-24(28)26-19-6-7-22-23(13-19)30-10-9-29-22;1-21-10-5-6-12(22-2)11(8-10)18-14(20)9-24-16-19-15-13(23-16)4-3-7-17-15/h4-8,11-13H,9-10,14-15H2,1-3H3,(H2,25,26,28);3-8H,9H2,1-2H3,(H,18,20). The highest BCUT2D eigenvalue weighted by Gasteiger charge is 2.15. The second kappa shape index (κ2) is 17.6. The molecule has 54 heavy (non-hydrogen) atoms. The Morgan fingerprint density at radius 1 is 0.889 bits per heavy atom. The van der Waals surface area contributed by atoms with Crippen molar-refractivity contribution in [3.63, 3.8) is 0 Å². The van der Waals surface area contributed by atoms with Crippen LogP contribution in [-0.2, 0) is 17.9 Å². The Balaban J connectivity index is 0.000000189. The van der Waals surface area contributed by atoms with Gasteiger partial charge in [0.2, 0.25) is 5.91 Å². The van der Waals surface area contributed by atoms with Crippen LogP contribution in [0, 0.1) is 20.8 Å². The number of anilines is 2. The molecule has 0 spiro atoms. The first-order chi connectivity index (χ1) is 26.2. The van der Waals surface area contributed by atoms with Gasteiger partial charge in [-0.2, -0.15) is 4.98 Å². The van der Waals surface area contributed by atoms with E-state index in [2.05, 4.69) is 69.6 Å².